The van der Waals surface area contributed by atoms with Crippen LogP contribution < -0.4 is 5.32 Å². The van der Waals surface area contributed by atoms with Gasteiger partial charge in [0, 0.05) is 25.7 Å². The third-order valence-corrected chi connectivity index (χ3v) is 2.88. The van der Waals surface area contributed by atoms with Crippen molar-refractivity contribution >= 4 is 0 Å². The molecule has 3 heteroatoms. The van der Waals surface area contributed by atoms with Gasteiger partial charge in [0.1, 0.15) is 0 Å². The van der Waals surface area contributed by atoms with Crippen LogP contribution in [0.15, 0.2) is 0 Å². The van der Waals surface area contributed by atoms with Crippen molar-refractivity contribution in [3.63, 3.8) is 0 Å². The van der Waals surface area contributed by atoms with Gasteiger partial charge in [-0.25, -0.2) is 0 Å². The van der Waals surface area contributed by atoms with Crippen LogP contribution in [0, 0.1) is 0 Å². The second kappa shape index (κ2) is 9.13. The lowest BCUT2D eigenvalue weighted by Gasteiger charge is -2.31. The molecule has 1 N–H and O–H groups in total. The summed E-state index contributed by atoms with van der Waals surface area (Å²) >= 11 is 0. The highest BCUT2D eigenvalue weighted by Gasteiger charge is 2.15. The first kappa shape index (κ1) is 14.9. The molecule has 92 valence electrons. The lowest BCUT2D eigenvalue weighted by atomic mass is 10.2. The lowest BCUT2D eigenvalue weighted by molar-refractivity contribution is 0.0954. The molecule has 2 unspecified atom stereocenters. The van der Waals surface area contributed by atoms with Crippen molar-refractivity contribution in [2.45, 2.75) is 46.2 Å². The Balaban J connectivity index is 4.04. The molecule has 0 spiro atoms. The molecule has 0 aliphatic rings. The summed E-state index contributed by atoms with van der Waals surface area (Å²) in [4.78, 5) is 2.47. The average Bonchev–Trinajstić information content (AvgIpc) is 2.24. The molecule has 0 aromatic heterocycles. The van der Waals surface area contributed by atoms with Crippen LogP contribution in [0.1, 0.15) is 34.1 Å². The van der Waals surface area contributed by atoms with Gasteiger partial charge in [-0.2, -0.15) is 0 Å². The maximum absolute atomic E-state index is 5.20. The number of ether oxygens (including phenoxy) is 1. The Bertz CT molecular complexity index is 142. The fourth-order valence-electron chi connectivity index (χ4n) is 1.88. The number of rotatable bonds is 9. The highest BCUT2D eigenvalue weighted by Crippen LogP contribution is 2.03. The fraction of sp³-hybridized carbons (Fsp3) is 1.00. The van der Waals surface area contributed by atoms with Gasteiger partial charge in [0.15, 0.2) is 0 Å². The standard InChI is InChI=1S/C12H28N2O/c1-6-12(13-7-2)9-14(8-3)11(4)10-15-5/h11-13H,6-10H2,1-5H3. The quantitative estimate of drug-likeness (QED) is 0.635. The first-order chi connectivity index (χ1) is 7.19. The van der Waals surface area contributed by atoms with E-state index in [4.69, 9.17) is 4.74 Å². The first-order valence-electron chi connectivity index (χ1n) is 6.15. The van der Waals surface area contributed by atoms with E-state index in [0.29, 0.717) is 12.1 Å². The lowest BCUT2D eigenvalue weighted by Crippen LogP contribution is -2.45. The minimum atomic E-state index is 0.507. The summed E-state index contributed by atoms with van der Waals surface area (Å²) in [6, 6.07) is 1.11. The summed E-state index contributed by atoms with van der Waals surface area (Å²) in [6.07, 6.45) is 1.18. The zero-order chi connectivity index (χ0) is 11.7. The normalized spacial score (nSPS) is 15.6. The molecular weight excluding hydrogens is 188 g/mol. The third-order valence-electron chi connectivity index (χ3n) is 2.88. The minimum Gasteiger partial charge on any atom is -0.383 e. The smallest absolute Gasteiger partial charge is 0.0615 e. The average molecular weight is 216 g/mol. The molecule has 0 bridgehead atoms. The molecule has 3 nitrogen and oxygen atoms in total. The number of hydrogen-bond donors (Lipinski definition) is 1. The molecule has 0 aromatic carbocycles. The molecule has 0 amide bonds. The van der Waals surface area contributed by atoms with Crippen molar-refractivity contribution in [1.82, 2.24) is 10.2 Å². The summed E-state index contributed by atoms with van der Waals surface area (Å²) in [5.41, 5.74) is 0. The number of nitrogens with one attached hydrogen (secondary N) is 1. The van der Waals surface area contributed by atoms with Crippen LogP contribution in [0.4, 0.5) is 0 Å². The van der Waals surface area contributed by atoms with E-state index in [-0.39, 0.29) is 0 Å². The fourth-order valence-corrected chi connectivity index (χ4v) is 1.88. The molecule has 0 aliphatic heterocycles. The van der Waals surface area contributed by atoms with Gasteiger partial charge >= 0.3 is 0 Å². The third kappa shape index (κ3) is 6.13. The minimum absolute atomic E-state index is 0.507. The summed E-state index contributed by atoms with van der Waals surface area (Å²) in [6.45, 7) is 12.9. The van der Waals surface area contributed by atoms with Crippen LogP contribution in [0.2, 0.25) is 0 Å². The monoisotopic (exact) mass is 216 g/mol. The highest BCUT2D eigenvalue weighted by atomic mass is 16.5. The van der Waals surface area contributed by atoms with Gasteiger partial charge in [0.25, 0.3) is 0 Å². The van der Waals surface area contributed by atoms with Crippen LogP contribution >= 0.6 is 0 Å². The summed E-state index contributed by atoms with van der Waals surface area (Å²) in [5.74, 6) is 0. The summed E-state index contributed by atoms with van der Waals surface area (Å²) < 4.78 is 5.20. The molecule has 2 atom stereocenters. The first-order valence-corrected chi connectivity index (χ1v) is 6.15. The van der Waals surface area contributed by atoms with Crippen molar-refractivity contribution in [1.29, 1.82) is 0 Å². The summed E-state index contributed by atoms with van der Waals surface area (Å²) in [7, 11) is 1.77. The van der Waals surface area contributed by atoms with Crippen LogP contribution in [0.3, 0.4) is 0 Å². The molecule has 0 radical (unpaired) electrons. The van der Waals surface area contributed by atoms with Gasteiger partial charge in [-0.1, -0.05) is 20.8 Å². The van der Waals surface area contributed by atoms with E-state index in [9.17, 15) is 0 Å². The van der Waals surface area contributed by atoms with E-state index in [1.807, 2.05) is 0 Å². The molecule has 0 aromatic rings. The van der Waals surface area contributed by atoms with Gasteiger partial charge in [0.2, 0.25) is 0 Å². The van der Waals surface area contributed by atoms with Gasteiger partial charge in [0.05, 0.1) is 6.61 Å². The van der Waals surface area contributed by atoms with E-state index in [2.05, 4.69) is 37.9 Å². The number of nitrogens with zero attached hydrogens (tertiary/aromatic N) is 1. The second-order valence-electron chi connectivity index (χ2n) is 4.05. The molecule has 0 heterocycles. The number of methoxy groups -OCH3 is 1. The van der Waals surface area contributed by atoms with E-state index in [1.54, 1.807) is 7.11 Å². The SMILES string of the molecule is CCNC(CC)CN(CC)C(C)COC. The van der Waals surface area contributed by atoms with E-state index in [1.165, 1.54) is 6.42 Å². The zero-order valence-electron chi connectivity index (χ0n) is 11.0. The molecule has 0 aliphatic carbocycles. The Kier molecular flexibility index (Phi) is 9.06. The van der Waals surface area contributed by atoms with E-state index in [0.717, 1.165) is 26.2 Å². The van der Waals surface area contributed by atoms with Crippen LogP contribution in [-0.2, 0) is 4.74 Å². The highest BCUT2D eigenvalue weighted by molar-refractivity contribution is 4.73. The topological polar surface area (TPSA) is 24.5 Å². The van der Waals surface area contributed by atoms with Crippen LogP contribution in [-0.4, -0.2) is 50.3 Å². The van der Waals surface area contributed by atoms with Crippen molar-refractivity contribution in [3.8, 4) is 0 Å². The Hall–Kier alpha value is -0.120. The number of likely N-dealkylation sites (N-methyl/N-ethyl adjacent to an activating group) is 2. The van der Waals surface area contributed by atoms with Crippen LogP contribution in [0.25, 0.3) is 0 Å². The maximum Gasteiger partial charge on any atom is 0.0615 e. The number of hydrogen-bond acceptors (Lipinski definition) is 3. The largest absolute Gasteiger partial charge is 0.383 e. The van der Waals surface area contributed by atoms with E-state index < -0.39 is 0 Å². The molecule has 15 heavy (non-hydrogen) atoms. The molecule has 0 saturated carbocycles. The molecule has 0 saturated heterocycles. The molecule has 0 rings (SSSR count). The Morgan fingerprint density at radius 2 is 1.93 bits per heavy atom. The van der Waals surface area contributed by atoms with Crippen molar-refractivity contribution in [3.05, 3.63) is 0 Å². The maximum atomic E-state index is 5.20. The van der Waals surface area contributed by atoms with Gasteiger partial charge < -0.3 is 10.1 Å². The van der Waals surface area contributed by atoms with E-state index >= 15 is 0 Å². The van der Waals surface area contributed by atoms with Gasteiger partial charge in [-0.05, 0) is 26.4 Å². The summed E-state index contributed by atoms with van der Waals surface area (Å²) in [5, 5.41) is 3.51. The van der Waals surface area contributed by atoms with Crippen molar-refractivity contribution in [2.24, 2.45) is 0 Å². The van der Waals surface area contributed by atoms with Gasteiger partial charge in [-0.3, -0.25) is 4.90 Å². The Morgan fingerprint density at radius 3 is 2.33 bits per heavy atom. The Labute approximate surface area is 95.2 Å². The zero-order valence-corrected chi connectivity index (χ0v) is 11.0. The second-order valence-corrected chi connectivity index (χ2v) is 4.05. The van der Waals surface area contributed by atoms with Crippen LogP contribution in [0.5, 0.6) is 0 Å². The van der Waals surface area contributed by atoms with Crippen molar-refractivity contribution in [2.75, 3.05) is 33.4 Å². The molecule has 0 fully saturated rings. The predicted octanol–water partition coefficient (Wildman–Crippen LogP) is 1.73. The Morgan fingerprint density at radius 1 is 1.27 bits per heavy atom. The van der Waals surface area contributed by atoms with Crippen molar-refractivity contribution < 1.29 is 4.74 Å². The van der Waals surface area contributed by atoms with Gasteiger partial charge in [-0.15, -0.1) is 0 Å². The molecular formula is C12H28N2O. The predicted molar refractivity (Wildman–Crippen MR) is 66.3 cm³/mol.